The standard InChI is InChI=1S/C24H15Cl5F2N2O2/c25-11-6-10(7-12(26)8-11)18-19(24(18,28)29)21-23(35-21)32-13-4-5-15(27)14(9-13)22(34)33-17-3-1-2-16(30)20(17)31/h1-9,18-19,21,23,32H,(H,33,34). The Morgan fingerprint density at radius 2 is 1.69 bits per heavy atom. The molecule has 0 bridgehead atoms. The van der Waals surface area contributed by atoms with Gasteiger partial charge in [-0.25, -0.2) is 8.78 Å². The van der Waals surface area contributed by atoms with E-state index in [9.17, 15) is 13.6 Å². The minimum absolute atomic E-state index is 0.0689. The Labute approximate surface area is 224 Å². The van der Waals surface area contributed by atoms with Crippen LogP contribution in [0.2, 0.25) is 15.1 Å². The van der Waals surface area contributed by atoms with Gasteiger partial charge in [0.05, 0.1) is 16.3 Å². The number of nitrogens with one attached hydrogen (secondary N) is 2. The van der Waals surface area contributed by atoms with Crippen LogP contribution in [0.25, 0.3) is 0 Å². The molecule has 1 saturated carbocycles. The van der Waals surface area contributed by atoms with E-state index in [0.29, 0.717) is 15.7 Å². The number of epoxide rings is 1. The molecule has 1 saturated heterocycles. The third-order valence-electron chi connectivity index (χ3n) is 5.95. The lowest BCUT2D eigenvalue weighted by atomic mass is 10.1. The number of halogens is 7. The van der Waals surface area contributed by atoms with E-state index in [0.717, 1.165) is 11.6 Å². The summed E-state index contributed by atoms with van der Waals surface area (Å²) in [6, 6.07) is 13.3. The number of anilines is 2. The second kappa shape index (κ2) is 9.25. The predicted octanol–water partition coefficient (Wildman–Crippen LogP) is 7.90. The lowest BCUT2D eigenvalue weighted by Gasteiger charge is -2.10. The molecule has 1 amide bonds. The van der Waals surface area contributed by atoms with Crippen molar-refractivity contribution in [2.24, 2.45) is 5.92 Å². The van der Waals surface area contributed by atoms with E-state index in [1.165, 1.54) is 24.3 Å². The van der Waals surface area contributed by atoms with Crippen LogP contribution in [0.5, 0.6) is 0 Å². The average molecular weight is 579 g/mol. The average Bonchev–Trinajstić information content (AvgIpc) is 3.66. The lowest BCUT2D eigenvalue weighted by molar-refractivity contribution is 0.102. The van der Waals surface area contributed by atoms with Gasteiger partial charge in [-0.05, 0) is 54.1 Å². The van der Waals surface area contributed by atoms with Gasteiger partial charge >= 0.3 is 0 Å². The van der Waals surface area contributed by atoms with Gasteiger partial charge in [0.25, 0.3) is 5.91 Å². The van der Waals surface area contributed by atoms with Crippen LogP contribution in [0, 0.1) is 17.6 Å². The smallest absolute Gasteiger partial charge is 0.257 e. The monoisotopic (exact) mass is 576 g/mol. The summed E-state index contributed by atoms with van der Waals surface area (Å²) in [6.45, 7) is 0. The summed E-state index contributed by atoms with van der Waals surface area (Å²) >= 11 is 31.5. The highest BCUT2D eigenvalue weighted by molar-refractivity contribution is 6.52. The van der Waals surface area contributed by atoms with E-state index in [-0.39, 0.29) is 34.2 Å². The van der Waals surface area contributed by atoms with Crippen LogP contribution in [-0.4, -0.2) is 22.6 Å². The van der Waals surface area contributed by atoms with E-state index < -0.39 is 28.1 Å². The zero-order valence-electron chi connectivity index (χ0n) is 17.5. The van der Waals surface area contributed by atoms with Crippen molar-refractivity contribution >= 4 is 75.3 Å². The van der Waals surface area contributed by atoms with Gasteiger partial charge in [0.15, 0.2) is 17.9 Å². The molecule has 2 N–H and O–H groups in total. The summed E-state index contributed by atoms with van der Waals surface area (Å²) in [4.78, 5) is 12.7. The van der Waals surface area contributed by atoms with E-state index in [4.69, 9.17) is 62.7 Å². The Hall–Kier alpha value is -1.80. The van der Waals surface area contributed by atoms with Crippen molar-refractivity contribution in [3.05, 3.63) is 92.4 Å². The molecule has 182 valence electrons. The van der Waals surface area contributed by atoms with Crippen molar-refractivity contribution in [3.63, 3.8) is 0 Å². The third-order valence-corrected chi connectivity index (χ3v) is 7.69. The zero-order valence-corrected chi connectivity index (χ0v) is 21.2. The maximum atomic E-state index is 13.9. The molecule has 0 spiro atoms. The quantitative estimate of drug-likeness (QED) is 0.231. The number of hydrogen-bond donors (Lipinski definition) is 2. The largest absolute Gasteiger partial charge is 0.358 e. The highest BCUT2D eigenvalue weighted by Gasteiger charge is 2.72. The highest BCUT2D eigenvalue weighted by atomic mass is 35.5. The van der Waals surface area contributed by atoms with Crippen LogP contribution < -0.4 is 10.6 Å². The molecule has 2 fully saturated rings. The molecule has 0 aromatic heterocycles. The number of benzene rings is 3. The highest BCUT2D eigenvalue weighted by Crippen LogP contribution is 2.69. The van der Waals surface area contributed by atoms with Crippen LogP contribution in [-0.2, 0) is 4.74 Å². The van der Waals surface area contributed by atoms with Crippen molar-refractivity contribution in [1.29, 1.82) is 0 Å². The number of rotatable bonds is 6. The molecule has 3 aromatic rings. The van der Waals surface area contributed by atoms with Crippen LogP contribution in [0.3, 0.4) is 0 Å². The van der Waals surface area contributed by atoms with Crippen molar-refractivity contribution in [1.82, 2.24) is 0 Å². The fraction of sp³-hybridized carbons (Fsp3) is 0.208. The Balaban J connectivity index is 1.28. The minimum Gasteiger partial charge on any atom is -0.358 e. The molecular formula is C24H15Cl5F2N2O2. The number of hydrogen-bond acceptors (Lipinski definition) is 3. The number of carbonyl (C=O) groups excluding carboxylic acids is 1. The molecule has 2 aliphatic rings. The first-order chi connectivity index (χ1) is 16.6. The van der Waals surface area contributed by atoms with Crippen molar-refractivity contribution < 1.29 is 18.3 Å². The van der Waals surface area contributed by atoms with Gasteiger partial charge in [0, 0.05) is 27.6 Å². The molecule has 1 aliphatic carbocycles. The first-order valence-electron chi connectivity index (χ1n) is 10.4. The summed E-state index contributed by atoms with van der Waals surface area (Å²) in [5.74, 6) is -3.35. The van der Waals surface area contributed by atoms with Gasteiger partial charge in [0.2, 0.25) is 0 Å². The number of ether oxygens (including phenoxy) is 1. The summed E-state index contributed by atoms with van der Waals surface area (Å²) in [7, 11) is 0. The molecule has 0 radical (unpaired) electrons. The molecule has 35 heavy (non-hydrogen) atoms. The number of alkyl halides is 2. The normalized spacial score (nSPS) is 24.1. The van der Waals surface area contributed by atoms with Crippen LogP contribution in [0.4, 0.5) is 20.2 Å². The summed E-state index contributed by atoms with van der Waals surface area (Å²) in [5, 5.41) is 6.60. The van der Waals surface area contributed by atoms with Gasteiger partial charge in [-0.2, -0.15) is 0 Å². The molecule has 1 heterocycles. The topological polar surface area (TPSA) is 53.7 Å². The molecule has 5 rings (SSSR count). The van der Waals surface area contributed by atoms with Crippen molar-refractivity contribution in [2.45, 2.75) is 22.6 Å². The Kier molecular flexibility index (Phi) is 6.58. The number of amides is 1. The first kappa shape index (κ1) is 24.9. The molecule has 1 aliphatic heterocycles. The van der Waals surface area contributed by atoms with Crippen molar-refractivity contribution in [2.75, 3.05) is 10.6 Å². The minimum atomic E-state index is -1.16. The molecular weight excluding hydrogens is 564 g/mol. The van der Waals surface area contributed by atoms with E-state index in [2.05, 4.69) is 10.6 Å². The van der Waals surface area contributed by atoms with E-state index in [1.807, 2.05) is 0 Å². The van der Waals surface area contributed by atoms with Gasteiger partial charge in [-0.1, -0.05) is 40.9 Å². The maximum Gasteiger partial charge on any atom is 0.257 e. The van der Waals surface area contributed by atoms with Crippen molar-refractivity contribution in [3.8, 4) is 0 Å². The van der Waals surface area contributed by atoms with Gasteiger partial charge in [-0.3, -0.25) is 4.79 Å². The summed E-state index contributed by atoms with van der Waals surface area (Å²) in [5.41, 5.74) is 1.13. The molecule has 4 nitrogen and oxygen atoms in total. The van der Waals surface area contributed by atoms with Gasteiger partial charge < -0.3 is 15.4 Å². The van der Waals surface area contributed by atoms with Crippen LogP contribution in [0.1, 0.15) is 21.8 Å². The number of carbonyl (C=O) groups is 1. The zero-order chi connectivity index (χ0) is 25.1. The Morgan fingerprint density at radius 1 is 0.971 bits per heavy atom. The SMILES string of the molecule is O=C(Nc1cccc(F)c1F)c1cc(NC2OC2C2C(c3cc(Cl)cc(Cl)c3)C2(Cl)Cl)ccc1Cl. The van der Waals surface area contributed by atoms with E-state index in [1.54, 1.807) is 24.3 Å². The summed E-state index contributed by atoms with van der Waals surface area (Å²) < 4.78 is 32.1. The van der Waals surface area contributed by atoms with Crippen LogP contribution >= 0.6 is 58.0 Å². The fourth-order valence-electron chi connectivity index (χ4n) is 4.20. The molecule has 3 aromatic carbocycles. The second-order valence-corrected chi connectivity index (χ2v) is 11.0. The third kappa shape index (κ3) is 4.93. The predicted molar refractivity (Wildman–Crippen MR) is 135 cm³/mol. The van der Waals surface area contributed by atoms with Crippen LogP contribution in [0.15, 0.2) is 54.6 Å². The molecule has 4 atom stereocenters. The second-order valence-electron chi connectivity index (χ2n) is 8.30. The first-order valence-corrected chi connectivity index (χ1v) is 12.3. The van der Waals surface area contributed by atoms with Gasteiger partial charge in [-0.15, -0.1) is 23.2 Å². The molecule has 11 heteroatoms. The maximum absolute atomic E-state index is 13.9. The lowest BCUT2D eigenvalue weighted by Crippen LogP contribution is -2.15. The van der Waals surface area contributed by atoms with Gasteiger partial charge in [0.1, 0.15) is 10.4 Å². The summed E-state index contributed by atoms with van der Waals surface area (Å²) in [6.07, 6.45) is -0.698. The Bertz CT molecular complexity index is 1320. The Morgan fingerprint density at radius 3 is 2.40 bits per heavy atom. The fourth-order valence-corrected chi connectivity index (χ4v) is 5.84. The van der Waals surface area contributed by atoms with E-state index >= 15 is 0 Å². The molecule has 4 unspecified atom stereocenters.